The SMILES string of the molecule is Oc1cccc(Nc2nc(O)c(/C=C3\C=Nc4ccccc43)s2)c1. The highest BCUT2D eigenvalue weighted by Crippen LogP contribution is 2.37. The molecule has 3 N–H and O–H groups in total. The number of thiazole rings is 1. The van der Waals surface area contributed by atoms with E-state index in [9.17, 15) is 10.2 Å². The van der Waals surface area contributed by atoms with E-state index >= 15 is 0 Å². The van der Waals surface area contributed by atoms with Gasteiger partial charge in [-0.25, -0.2) is 0 Å². The molecule has 0 bridgehead atoms. The van der Waals surface area contributed by atoms with Crippen molar-refractivity contribution in [1.82, 2.24) is 4.98 Å². The number of fused-ring (bicyclic) bond motifs is 1. The molecule has 0 aliphatic carbocycles. The van der Waals surface area contributed by atoms with Gasteiger partial charge in [-0.2, -0.15) is 4.98 Å². The predicted molar refractivity (Wildman–Crippen MR) is 97.6 cm³/mol. The molecule has 118 valence electrons. The Kier molecular flexibility index (Phi) is 3.51. The van der Waals surface area contributed by atoms with Crippen LogP contribution < -0.4 is 5.32 Å². The topological polar surface area (TPSA) is 77.7 Å². The van der Waals surface area contributed by atoms with Crippen LogP contribution in [-0.2, 0) is 0 Å². The fraction of sp³-hybridized carbons (Fsp3) is 0. The van der Waals surface area contributed by atoms with Gasteiger partial charge in [-0.05, 0) is 24.3 Å². The average molecular weight is 335 g/mol. The number of benzene rings is 2. The fourth-order valence-electron chi connectivity index (χ4n) is 2.47. The monoisotopic (exact) mass is 335 g/mol. The lowest BCUT2D eigenvalue weighted by Crippen LogP contribution is -1.87. The van der Waals surface area contributed by atoms with E-state index < -0.39 is 0 Å². The Morgan fingerprint density at radius 1 is 1.04 bits per heavy atom. The van der Waals surface area contributed by atoms with Crippen molar-refractivity contribution in [2.24, 2.45) is 4.99 Å². The first-order valence-corrected chi connectivity index (χ1v) is 8.12. The number of allylic oxidation sites excluding steroid dienone is 1. The van der Waals surface area contributed by atoms with Crippen LogP contribution in [-0.4, -0.2) is 21.4 Å². The van der Waals surface area contributed by atoms with E-state index in [1.165, 1.54) is 11.3 Å². The molecule has 0 saturated heterocycles. The summed E-state index contributed by atoms with van der Waals surface area (Å²) in [6.07, 6.45) is 3.65. The smallest absolute Gasteiger partial charge is 0.231 e. The summed E-state index contributed by atoms with van der Waals surface area (Å²) in [4.78, 5) is 9.13. The van der Waals surface area contributed by atoms with Crippen LogP contribution in [0.3, 0.4) is 0 Å². The van der Waals surface area contributed by atoms with Crippen LogP contribution in [0.4, 0.5) is 16.5 Å². The Morgan fingerprint density at radius 3 is 2.79 bits per heavy atom. The number of hydrogen-bond acceptors (Lipinski definition) is 6. The Hall–Kier alpha value is -3.12. The van der Waals surface area contributed by atoms with Crippen LogP contribution >= 0.6 is 11.3 Å². The molecule has 4 rings (SSSR count). The highest BCUT2D eigenvalue weighted by molar-refractivity contribution is 7.16. The summed E-state index contributed by atoms with van der Waals surface area (Å²) >= 11 is 1.33. The van der Waals surface area contributed by atoms with Crippen LogP contribution in [0.25, 0.3) is 11.6 Å². The number of hydrogen-bond donors (Lipinski definition) is 3. The van der Waals surface area contributed by atoms with Gasteiger partial charge in [-0.15, -0.1) is 0 Å². The van der Waals surface area contributed by atoms with Gasteiger partial charge in [0.05, 0.1) is 10.6 Å². The molecule has 6 heteroatoms. The third kappa shape index (κ3) is 2.75. The molecule has 0 fully saturated rings. The van der Waals surface area contributed by atoms with Gasteiger partial charge >= 0.3 is 0 Å². The van der Waals surface area contributed by atoms with Crippen molar-refractivity contribution in [1.29, 1.82) is 0 Å². The maximum absolute atomic E-state index is 10.1. The molecule has 0 unspecified atom stereocenters. The second-order valence-corrected chi connectivity index (χ2v) is 6.29. The van der Waals surface area contributed by atoms with Crippen molar-refractivity contribution >= 4 is 45.7 Å². The maximum atomic E-state index is 10.1. The molecule has 2 heterocycles. The van der Waals surface area contributed by atoms with E-state index in [0.29, 0.717) is 15.7 Å². The van der Waals surface area contributed by atoms with Gasteiger partial charge in [0.1, 0.15) is 5.75 Å². The second kappa shape index (κ2) is 5.82. The zero-order valence-electron chi connectivity index (χ0n) is 12.5. The Labute approximate surface area is 142 Å². The van der Waals surface area contributed by atoms with Crippen LogP contribution in [0.5, 0.6) is 11.6 Å². The lowest BCUT2D eigenvalue weighted by Gasteiger charge is -2.01. The standard InChI is InChI=1S/C18H13N3O2S/c22-13-5-3-4-12(9-13)20-18-21-17(23)16(24-18)8-11-10-19-15-7-2-1-6-14(11)15/h1-10,22-23H,(H,20,21)/b11-8+. The number of aromatic hydroxyl groups is 2. The van der Waals surface area contributed by atoms with Crippen LogP contribution in [0.2, 0.25) is 0 Å². The van der Waals surface area contributed by atoms with E-state index in [4.69, 9.17) is 0 Å². The third-order valence-corrected chi connectivity index (χ3v) is 4.48. The minimum atomic E-state index is -0.0343. The number of phenolic OH excluding ortho intramolecular Hbond substituents is 1. The molecule has 3 aromatic rings. The number of aliphatic imine (C=N–C) groups is 1. The lowest BCUT2D eigenvalue weighted by atomic mass is 10.1. The summed E-state index contributed by atoms with van der Waals surface area (Å²) < 4.78 is 0. The van der Waals surface area contributed by atoms with E-state index in [1.54, 1.807) is 24.4 Å². The molecule has 1 aliphatic rings. The van der Waals surface area contributed by atoms with Gasteiger partial charge < -0.3 is 15.5 Å². The normalized spacial score (nSPS) is 14.1. The molecule has 5 nitrogen and oxygen atoms in total. The van der Waals surface area contributed by atoms with Crippen LogP contribution in [0.15, 0.2) is 53.5 Å². The third-order valence-electron chi connectivity index (χ3n) is 3.58. The number of aromatic nitrogens is 1. The number of nitrogens with zero attached hydrogens (tertiary/aromatic N) is 2. The van der Waals surface area contributed by atoms with Gasteiger partial charge in [0.2, 0.25) is 5.88 Å². The number of para-hydroxylation sites is 1. The van der Waals surface area contributed by atoms with Crippen molar-refractivity contribution in [3.8, 4) is 11.6 Å². The fourth-order valence-corrected chi connectivity index (χ4v) is 3.31. The average Bonchev–Trinajstić information content (AvgIpc) is 3.12. The minimum absolute atomic E-state index is 0.0343. The van der Waals surface area contributed by atoms with Crippen molar-refractivity contribution in [2.45, 2.75) is 0 Å². The molecule has 24 heavy (non-hydrogen) atoms. The van der Waals surface area contributed by atoms with E-state index in [2.05, 4.69) is 15.3 Å². The zero-order valence-corrected chi connectivity index (χ0v) is 13.3. The van der Waals surface area contributed by atoms with E-state index in [-0.39, 0.29) is 11.6 Å². The molecule has 2 aromatic carbocycles. The molecule has 1 aliphatic heterocycles. The second-order valence-electron chi connectivity index (χ2n) is 5.26. The highest BCUT2D eigenvalue weighted by Gasteiger charge is 2.14. The molecule has 0 saturated carbocycles. The van der Waals surface area contributed by atoms with Gasteiger partial charge in [0.15, 0.2) is 5.13 Å². The predicted octanol–water partition coefficient (Wildman–Crippen LogP) is 4.55. The van der Waals surface area contributed by atoms with E-state index in [0.717, 1.165) is 16.8 Å². The molecule has 0 spiro atoms. The maximum Gasteiger partial charge on any atom is 0.231 e. The summed E-state index contributed by atoms with van der Waals surface area (Å²) in [6.45, 7) is 0. The molecular formula is C18H13N3O2S. The summed E-state index contributed by atoms with van der Waals surface area (Å²) in [7, 11) is 0. The Bertz CT molecular complexity index is 976. The van der Waals surface area contributed by atoms with Gasteiger partial charge in [0.25, 0.3) is 0 Å². The first kappa shape index (κ1) is 14.5. The quantitative estimate of drug-likeness (QED) is 0.656. The largest absolute Gasteiger partial charge is 0.508 e. The molecule has 0 atom stereocenters. The van der Waals surface area contributed by atoms with E-state index in [1.807, 2.05) is 36.4 Å². The van der Waals surface area contributed by atoms with Crippen molar-refractivity contribution in [3.05, 3.63) is 59.0 Å². The summed E-state index contributed by atoms with van der Waals surface area (Å²) in [5, 5.41) is 23.2. The first-order chi connectivity index (χ1) is 11.7. The Morgan fingerprint density at radius 2 is 1.92 bits per heavy atom. The highest BCUT2D eigenvalue weighted by atomic mass is 32.1. The molecule has 0 radical (unpaired) electrons. The summed E-state index contributed by atoms with van der Waals surface area (Å²) in [5.74, 6) is 0.134. The first-order valence-electron chi connectivity index (χ1n) is 7.30. The van der Waals surface area contributed by atoms with Gasteiger partial charge in [-0.1, -0.05) is 35.6 Å². The number of nitrogens with one attached hydrogen (secondary N) is 1. The van der Waals surface area contributed by atoms with Crippen LogP contribution in [0, 0.1) is 0 Å². The molecule has 0 amide bonds. The van der Waals surface area contributed by atoms with Crippen molar-refractivity contribution in [2.75, 3.05) is 5.32 Å². The van der Waals surface area contributed by atoms with Gasteiger partial charge in [0, 0.05) is 29.1 Å². The lowest BCUT2D eigenvalue weighted by molar-refractivity contribution is 0.457. The van der Waals surface area contributed by atoms with Gasteiger partial charge in [-0.3, -0.25) is 4.99 Å². The minimum Gasteiger partial charge on any atom is -0.508 e. The Balaban J connectivity index is 1.63. The summed E-state index contributed by atoms with van der Waals surface area (Å²) in [6, 6.07) is 14.6. The zero-order chi connectivity index (χ0) is 16.5. The summed E-state index contributed by atoms with van der Waals surface area (Å²) in [5.41, 5.74) is 3.60. The number of anilines is 2. The number of phenols is 1. The molecule has 1 aromatic heterocycles. The number of rotatable bonds is 3. The van der Waals surface area contributed by atoms with Crippen molar-refractivity contribution < 1.29 is 10.2 Å². The van der Waals surface area contributed by atoms with Crippen molar-refractivity contribution in [3.63, 3.8) is 0 Å². The molecular weight excluding hydrogens is 322 g/mol. The van der Waals surface area contributed by atoms with Crippen LogP contribution in [0.1, 0.15) is 10.4 Å².